The minimum Gasteiger partial charge on any atom is -0.454 e. The van der Waals surface area contributed by atoms with Crippen LogP contribution in [-0.2, 0) is 13.1 Å². The number of rotatable bonds is 5. The largest absolute Gasteiger partial charge is 0.454 e. The Morgan fingerprint density at radius 1 is 1.35 bits per heavy atom. The molecule has 1 amide bonds. The minimum atomic E-state index is -0.0947. The number of hydrogen-bond donors (Lipinski definition) is 1. The van der Waals surface area contributed by atoms with Gasteiger partial charge in [-0.15, -0.1) is 11.3 Å². The van der Waals surface area contributed by atoms with Crippen molar-refractivity contribution in [3.63, 3.8) is 0 Å². The van der Waals surface area contributed by atoms with Crippen LogP contribution < -0.4 is 14.8 Å². The van der Waals surface area contributed by atoms with E-state index in [1.165, 1.54) is 11.3 Å². The van der Waals surface area contributed by atoms with Gasteiger partial charge in [0.05, 0.1) is 5.69 Å². The number of amides is 1. The van der Waals surface area contributed by atoms with Crippen LogP contribution in [0.3, 0.4) is 0 Å². The van der Waals surface area contributed by atoms with Gasteiger partial charge in [0.25, 0.3) is 5.91 Å². The molecule has 0 spiro atoms. The van der Waals surface area contributed by atoms with E-state index in [0.29, 0.717) is 11.4 Å². The molecule has 1 aromatic carbocycles. The Bertz CT molecular complexity index is 727. The molecule has 1 N–H and O–H groups in total. The summed E-state index contributed by atoms with van der Waals surface area (Å²) < 4.78 is 10.6. The van der Waals surface area contributed by atoms with Gasteiger partial charge >= 0.3 is 0 Å². The van der Waals surface area contributed by atoms with Crippen LogP contribution in [0.15, 0.2) is 18.2 Å². The van der Waals surface area contributed by atoms with Crippen molar-refractivity contribution in [1.29, 1.82) is 0 Å². The predicted molar refractivity (Wildman–Crippen MR) is 88.0 cm³/mol. The fourth-order valence-corrected chi connectivity index (χ4v) is 3.41. The first kappa shape index (κ1) is 15.8. The van der Waals surface area contributed by atoms with Crippen LogP contribution in [0.2, 0.25) is 0 Å². The number of aryl methyl sites for hydroxylation is 1. The lowest BCUT2D eigenvalue weighted by atomic mass is 10.2. The number of hydrogen-bond acceptors (Lipinski definition) is 6. The van der Waals surface area contributed by atoms with Crippen LogP contribution in [0.25, 0.3) is 0 Å². The Hall–Kier alpha value is -2.12. The quantitative estimate of drug-likeness (QED) is 0.908. The van der Waals surface area contributed by atoms with Crippen molar-refractivity contribution in [2.45, 2.75) is 20.0 Å². The topological polar surface area (TPSA) is 63.7 Å². The zero-order valence-corrected chi connectivity index (χ0v) is 14.2. The average Bonchev–Trinajstić information content (AvgIpc) is 3.10. The van der Waals surface area contributed by atoms with Crippen molar-refractivity contribution in [3.8, 4) is 11.5 Å². The van der Waals surface area contributed by atoms with Gasteiger partial charge in [0.2, 0.25) is 6.79 Å². The number of fused-ring (bicyclic) bond motifs is 1. The van der Waals surface area contributed by atoms with Crippen LogP contribution in [0, 0.1) is 6.92 Å². The molecule has 1 aliphatic heterocycles. The van der Waals surface area contributed by atoms with E-state index >= 15 is 0 Å². The average molecular weight is 333 g/mol. The molecule has 122 valence electrons. The standard InChI is InChI=1S/C16H19N3O3S/c1-10-15(23-14(18-10)8-19(2)3)16(20)17-7-11-4-5-12-13(6-11)22-9-21-12/h4-6H,7-9H2,1-3H3,(H,17,20). The first-order valence-corrected chi connectivity index (χ1v) is 8.12. The Morgan fingerprint density at radius 2 is 2.13 bits per heavy atom. The molecular weight excluding hydrogens is 314 g/mol. The fraction of sp³-hybridized carbons (Fsp3) is 0.375. The van der Waals surface area contributed by atoms with E-state index in [0.717, 1.165) is 34.3 Å². The predicted octanol–water partition coefficient (Wildman–Crippen LogP) is 2.17. The number of carbonyl (C=O) groups is 1. The van der Waals surface area contributed by atoms with Crippen LogP contribution >= 0.6 is 11.3 Å². The van der Waals surface area contributed by atoms with E-state index in [1.54, 1.807) is 0 Å². The van der Waals surface area contributed by atoms with Crippen LogP contribution in [0.5, 0.6) is 11.5 Å². The minimum absolute atomic E-state index is 0.0947. The summed E-state index contributed by atoms with van der Waals surface area (Å²) in [6, 6.07) is 5.67. The van der Waals surface area contributed by atoms with Crippen molar-refractivity contribution >= 4 is 17.2 Å². The second-order valence-electron chi connectivity index (χ2n) is 5.63. The zero-order valence-electron chi connectivity index (χ0n) is 13.4. The fourth-order valence-electron chi connectivity index (χ4n) is 2.31. The number of ether oxygens (including phenoxy) is 2. The number of nitrogens with zero attached hydrogens (tertiary/aromatic N) is 2. The Labute approximate surface area is 139 Å². The third-order valence-electron chi connectivity index (χ3n) is 3.39. The molecule has 7 heteroatoms. The summed E-state index contributed by atoms with van der Waals surface area (Å²) in [5.41, 5.74) is 1.74. The van der Waals surface area contributed by atoms with Crippen molar-refractivity contribution in [1.82, 2.24) is 15.2 Å². The van der Waals surface area contributed by atoms with Crippen molar-refractivity contribution < 1.29 is 14.3 Å². The van der Waals surface area contributed by atoms with Gasteiger partial charge in [0.1, 0.15) is 9.88 Å². The smallest absolute Gasteiger partial charge is 0.263 e. The lowest BCUT2D eigenvalue weighted by Crippen LogP contribution is -2.22. The second-order valence-corrected chi connectivity index (χ2v) is 6.71. The summed E-state index contributed by atoms with van der Waals surface area (Å²) in [5.74, 6) is 1.37. The summed E-state index contributed by atoms with van der Waals surface area (Å²) in [4.78, 5) is 19.5. The Kier molecular flexibility index (Phi) is 4.49. The number of benzene rings is 1. The van der Waals surface area contributed by atoms with Gasteiger partial charge in [0, 0.05) is 13.1 Å². The third kappa shape index (κ3) is 3.62. The zero-order chi connectivity index (χ0) is 16.4. The van der Waals surface area contributed by atoms with Gasteiger partial charge in [-0.05, 0) is 38.7 Å². The highest BCUT2D eigenvalue weighted by Crippen LogP contribution is 2.32. The van der Waals surface area contributed by atoms with E-state index in [4.69, 9.17) is 9.47 Å². The number of aromatic nitrogens is 1. The van der Waals surface area contributed by atoms with Crippen molar-refractivity contribution in [3.05, 3.63) is 39.3 Å². The van der Waals surface area contributed by atoms with Gasteiger partial charge in [-0.25, -0.2) is 4.98 Å². The first-order chi connectivity index (χ1) is 11.0. The van der Waals surface area contributed by atoms with Crippen LogP contribution in [0.4, 0.5) is 0 Å². The number of nitrogens with one attached hydrogen (secondary N) is 1. The summed E-state index contributed by atoms with van der Waals surface area (Å²) in [7, 11) is 3.96. The third-order valence-corrected chi connectivity index (χ3v) is 4.53. The Morgan fingerprint density at radius 3 is 2.91 bits per heavy atom. The monoisotopic (exact) mass is 333 g/mol. The highest BCUT2D eigenvalue weighted by atomic mass is 32.1. The molecule has 0 unspecified atom stereocenters. The molecule has 0 atom stereocenters. The lowest BCUT2D eigenvalue weighted by molar-refractivity contribution is 0.0954. The molecule has 3 rings (SSSR count). The Balaban J connectivity index is 1.64. The van der Waals surface area contributed by atoms with Gasteiger partial charge in [-0.3, -0.25) is 4.79 Å². The summed E-state index contributed by atoms with van der Waals surface area (Å²) in [6.07, 6.45) is 0. The molecular formula is C16H19N3O3S. The van der Waals surface area contributed by atoms with E-state index in [9.17, 15) is 4.79 Å². The number of carbonyl (C=O) groups excluding carboxylic acids is 1. The van der Waals surface area contributed by atoms with Crippen LogP contribution in [-0.4, -0.2) is 36.7 Å². The maximum atomic E-state index is 12.4. The summed E-state index contributed by atoms with van der Waals surface area (Å²) in [6.45, 7) is 3.29. The van der Waals surface area contributed by atoms with E-state index in [-0.39, 0.29) is 12.7 Å². The molecule has 23 heavy (non-hydrogen) atoms. The maximum absolute atomic E-state index is 12.4. The lowest BCUT2D eigenvalue weighted by Gasteiger charge is -2.06. The van der Waals surface area contributed by atoms with E-state index < -0.39 is 0 Å². The van der Waals surface area contributed by atoms with Gasteiger partial charge < -0.3 is 19.7 Å². The van der Waals surface area contributed by atoms with Gasteiger partial charge in [0.15, 0.2) is 11.5 Å². The van der Waals surface area contributed by atoms with Crippen molar-refractivity contribution in [2.75, 3.05) is 20.9 Å². The van der Waals surface area contributed by atoms with Crippen molar-refractivity contribution in [2.24, 2.45) is 0 Å². The molecule has 0 radical (unpaired) electrons. The normalized spacial score (nSPS) is 12.7. The molecule has 0 aliphatic carbocycles. The maximum Gasteiger partial charge on any atom is 0.263 e. The molecule has 0 fully saturated rings. The molecule has 1 aromatic heterocycles. The molecule has 6 nitrogen and oxygen atoms in total. The number of thiazole rings is 1. The molecule has 0 bridgehead atoms. The second kappa shape index (κ2) is 6.55. The van der Waals surface area contributed by atoms with Gasteiger partial charge in [-0.2, -0.15) is 0 Å². The molecule has 2 aromatic rings. The molecule has 0 saturated heterocycles. The highest BCUT2D eigenvalue weighted by Gasteiger charge is 2.17. The SMILES string of the molecule is Cc1nc(CN(C)C)sc1C(=O)NCc1ccc2c(c1)OCO2. The molecule has 1 aliphatic rings. The molecule has 0 saturated carbocycles. The first-order valence-electron chi connectivity index (χ1n) is 7.30. The van der Waals surface area contributed by atoms with Crippen LogP contribution in [0.1, 0.15) is 25.9 Å². The van der Waals surface area contributed by atoms with E-state index in [2.05, 4.69) is 10.3 Å². The van der Waals surface area contributed by atoms with E-state index in [1.807, 2.05) is 44.1 Å². The molecule has 2 heterocycles. The summed E-state index contributed by atoms with van der Waals surface area (Å²) in [5, 5.41) is 3.88. The summed E-state index contributed by atoms with van der Waals surface area (Å²) >= 11 is 1.44. The highest BCUT2D eigenvalue weighted by molar-refractivity contribution is 7.13. The van der Waals surface area contributed by atoms with Gasteiger partial charge in [-0.1, -0.05) is 6.07 Å².